The Hall–Kier alpha value is -3.43. The standard InChI is InChI=1S/C21H16N2O3S/c1-2-26-21(25)18-17(13-8-10-15(24)11-9-13)16(12-22)20(27)23-19(18)14-6-4-3-5-7-14/h3-11,24H,2H2,1H3,(H,23,27). The van der Waals surface area contributed by atoms with E-state index >= 15 is 0 Å². The zero-order valence-electron chi connectivity index (χ0n) is 14.5. The minimum atomic E-state index is -0.554. The van der Waals surface area contributed by atoms with Crippen LogP contribution >= 0.6 is 12.2 Å². The average molecular weight is 376 g/mol. The smallest absolute Gasteiger partial charge is 0.340 e. The number of hydrogen-bond donors (Lipinski definition) is 2. The lowest BCUT2D eigenvalue weighted by Crippen LogP contribution is -2.12. The largest absolute Gasteiger partial charge is 0.508 e. The molecule has 134 valence electrons. The highest BCUT2D eigenvalue weighted by Gasteiger charge is 2.25. The van der Waals surface area contributed by atoms with Crippen molar-refractivity contribution in [3.8, 4) is 34.2 Å². The number of nitriles is 1. The van der Waals surface area contributed by atoms with Crippen LogP contribution in [0.5, 0.6) is 5.75 Å². The number of phenols is 1. The molecule has 0 aliphatic carbocycles. The Morgan fingerprint density at radius 1 is 1.15 bits per heavy atom. The molecule has 0 saturated carbocycles. The normalized spacial score (nSPS) is 10.2. The second-order valence-electron chi connectivity index (χ2n) is 5.70. The number of carbonyl (C=O) groups excluding carboxylic acids is 1. The molecule has 6 heteroatoms. The minimum Gasteiger partial charge on any atom is -0.508 e. The molecule has 0 aliphatic heterocycles. The molecule has 3 rings (SSSR count). The fraction of sp³-hybridized carbons (Fsp3) is 0.0952. The van der Waals surface area contributed by atoms with Crippen molar-refractivity contribution in [3.05, 3.63) is 70.4 Å². The molecule has 27 heavy (non-hydrogen) atoms. The average Bonchev–Trinajstić information content (AvgIpc) is 2.68. The molecule has 1 aromatic heterocycles. The lowest BCUT2D eigenvalue weighted by molar-refractivity contribution is 0.0527. The van der Waals surface area contributed by atoms with Crippen molar-refractivity contribution in [1.29, 1.82) is 5.26 Å². The van der Waals surface area contributed by atoms with Crippen molar-refractivity contribution in [2.24, 2.45) is 0 Å². The van der Waals surface area contributed by atoms with Crippen LogP contribution in [0.3, 0.4) is 0 Å². The van der Waals surface area contributed by atoms with Crippen LogP contribution in [0.1, 0.15) is 22.8 Å². The predicted molar refractivity (Wildman–Crippen MR) is 105 cm³/mol. The summed E-state index contributed by atoms with van der Waals surface area (Å²) in [5.74, 6) is -0.471. The number of rotatable bonds is 4. The molecule has 0 aliphatic rings. The van der Waals surface area contributed by atoms with Crippen LogP contribution in [0.15, 0.2) is 54.6 Å². The van der Waals surface area contributed by atoms with E-state index in [0.29, 0.717) is 16.8 Å². The van der Waals surface area contributed by atoms with Gasteiger partial charge in [0.05, 0.1) is 23.4 Å². The molecular weight excluding hydrogens is 360 g/mol. The summed E-state index contributed by atoms with van der Waals surface area (Å²) in [5.41, 5.74) is 2.62. The van der Waals surface area contributed by atoms with Crippen molar-refractivity contribution in [2.75, 3.05) is 6.61 Å². The maximum atomic E-state index is 12.8. The van der Waals surface area contributed by atoms with Gasteiger partial charge < -0.3 is 14.8 Å². The molecule has 3 aromatic rings. The summed E-state index contributed by atoms with van der Waals surface area (Å²) < 4.78 is 5.49. The van der Waals surface area contributed by atoms with Crippen LogP contribution in [-0.2, 0) is 4.74 Å². The van der Waals surface area contributed by atoms with Crippen molar-refractivity contribution >= 4 is 18.2 Å². The summed E-state index contributed by atoms with van der Waals surface area (Å²) in [7, 11) is 0. The highest BCUT2D eigenvalue weighted by molar-refractivity contribution is 7.71. The molecule has 0 atom stereocenters. The third-order valence-corrected chi connectivity index (χ3v) is 4.33. The first-order valence-electron chi connectivity index (χ1n) is 8.29. The van der Waals surface area contributed by atoms with E-state index in [9.17, 15) is 15.2 Å². The molecule has 5 nitrogen and oxygen atoms in total. The Kier molecular flexibility index (Phi) is 5.34. The van der Waals surface area contributed by atoms with Gasteiger partial charge in [-0.3, -0.25) is 0 Å². The second kappa shape index (κ2) is 7.85. The highest BCUT2D eigenvalue weighted by Crippen LogP contribution is 2.35. The van der Waals surface area contributed by atoms with Gasteiger partial charge in [0.1, 0.15) is 16.5 Å². The maximum Gasteiger partial charge on any atom is 0.340 e. The van der Waals surface area contributed by atoms with Crippen LogP contribution in [-0.4, -0.2) is 22.7 Å². The Morgan fingerprint density at radius 2 is 1.81 bits per heavy atom. The summed E-state index contributed by atoms with van der Waals surface area (Å²) in [5, 5.41) is 19.3. The molecule has 2 aromatic carbocycles. The van der Waals surface area contributed by atoms with Gasteiger partial charge in [-0.1, -0.05) is 54.7 Å². The summed E-state index contributed by atoms with van der Waals surface area (Å²) in [6.45, 7) is 1.91. The first kappa shape index (κ1) is 18.4. The van der Waals surface area contributed by atoms with Crippen LogP contribution in [0, 0.1) is 16.0 Å². The van der Waals surface area contributed by atoms with Crippen LogP contribution in [0.2, 0.25) is 0 Å². The van der Waals surface area contributed by atoms with E-state index in [4.69, 9.17) is 17.0 Å². The summed E-state index contributed by atoms with van der Waals surface area (Å²) >= 11 is 5.38. The van der Waals surface area contributed by atoms with Crippen molar-refractivity contribution in [1.82, 2.24) is 4.98 Å². The number of phenolic OH excluding ortho intramolecular Hbond substituents is 1. The molecular formula is C21H16N2O3S. The monoisotopic (exact) mass is 376 g/mol. The lowest BCUT2D eigenvalue weighted by Gasteiger charge is -2.16. The number of nitrogens with zero attached hydrogens (tertiary/aromatic N) is 1. The van der Waals surface area contributed by atoms with Crippen molar-refractivity contribution < 1.29 is 14.6 Å². The van der Waals surface area contributed by atoms with E-state index in [-0.39, 0.29) is 28.1 Å². The molecule has 0 unspecified atom stereocenters. The van der Waals surface area contributed by atoms with E-state index in [2.05, 4.69) is 11.1 Å². The van der Waals surface area contributed by atoms with Crippen molar-refractivity contribution in [3.63, 3.8) is 0 Å². The van der Waals surface area contributed by atoms with Gasteiger partial charge in [-0.05, 0) is 30.2 Å². The van der Waals surface area contributed by atoms with Crippen LogP contribution in [0.25, 0.3) is 22.4 Å². The van der Waals surface area contributed by atoms with E-state index in [1.54, 1.807) is 19.1 Å². The molecule has 0 fully saturated rings. The number of hydrogen-bond acceptors (Lipinski definition) is 5. The number of benzene rings is 2. The van der Waals surface area contributed by atoms with Gasteiger partial charge in [0.25, 0.3) is 0 Å². The van der Waals surface area contributed by atoms with Crippen molar-refractivity contribution in [2.45, 2.75) is 6.92 Å². The lowest BCUT2D eigenvalue weighted by atomic mass is 9.92. The van der Waals surface area contributed by atoms with Crippen LogP contribution < -0.4 is 0 Å². The number of aromatic hydroxyl groups is 1. The predicted octanol–water partition coefficient (Wildman–Crippen LogP) is 4.83. The van der Waals surface area contributed by atoms with Gasteiger partial charge >= 0.3 is 5.97 Å². The first-order chi connectivity index (χ1) is 13.1. The van der Waals surface area contributed by atoms with Crippen LogP contribution in [0.4, 0.5) is 0 Å². The number of carbonyl (C=O) groups is 1. The SMILES string of the molecule is CCOC(=O)c1c(-c2ccccc2)[nH]c(=S)c(C#N)c1-c1ccc(O)cc1. The Morgan fingerprint density at radius 3 is 2.41 bits per heavy atom. The molecule has 2 N–H and O–H groups in total. The third kappa shape index (κ3) is 3.59. The molecule has 0 radical (unpaired) electrons. The fourth-order valence-electron chi connectivity index (χ4n) is 2.85. The quantitative estimate of drug-likeness (QED) is 0.503. The number of esters is 1. The first-order valence-corrected chi connectivity index (χ1v) is 8.70. The number of nitrogens with one attached hydrogen (secondary N) is 1. The highest BCUT2D eigenvalue weighted by atomic mass is 32.1. The Balaban J connectivity index is 2.43. The van der Waals surface area contributed by atoms with Gasteiger partial charge in [0.15, 0.2) is 0 Å². The van der Waals surface area contributed by atoms with E-state index < -0.39 is 5.97 Å². The second-order valence-corrected chi connectivity index (χ2v) is 6.11. The minimum absolute atomic E-state index is 0.0827. The van der Waals surface area contributed by atoms with E-state index in [1.807, 2.05) is 30.3 Å². The van der Waals surface area contributed by atoms with Gasteiger partial charge in [0.2, 0.25) is 0 Å². The maximum absolute atomic E-state index is 12.8. The Labute approximate surface area is 161 Å². The van der Waals surface area contributed by atoms with E-state index in [1.165, 1.54) is 12.1 Å². The topological polar surface area (TPSA) is 86.1 Å². The van der Waals surface area contributed by atoms with E-state index in [0.717, 1.165) is 5.56 Å². The number of aromatic nitrogens is 1. The number of H-pyrrole nitrogens is 1. The zero-order valence-corrected chi connectivity index (χ0v) is 15.3. The summed E-state index contributed by atoms with van der Waals surface area (Å²) in [6, 6.07) is 17.6. The third-order valence-electron chi connectivity index (χ3n) is 4.03. The Bertz CT molecular complexity index is 1080. The summed E-state index contributed by atoms with van der Waals surface area (Å²) in [6.07, 6.45) is 0. The number of aromatic amines is 1. The van der Waals surface area contributed by atoms with Gasteiger partial charge in [0, 0.05) is 5.56 Å². The van der Waals surface area contributed by atoms with Gasteiger partial charge in [-0.15, -0.1) is 0 Å². The molecule has 1 heterocycles. The summed E-state index contributed by atoms with van der Waals surface area (Å²) in [4.78, 5) is 15.9. The molecule has 0 amide bonds. The molecule has 0 bridgehead atoms. The van der Waals surface area contributed by atoms with Gasteiger partial charge in [-0.25, -0.2) is 4.79 Å². The fourth-order valence-corrected chi connectivity index (χ4v) is 3.10. The number of ether oxygens (including phenoxy) is 1. The molecule has 0 spiro atoms. The van der Waals surface area contributed by atoms with Gasteiger partial charge in [-0.2, -0.15) is 5.26 Å². The molecule has 0 saturated heterocycles. The number of pyridine rings is 1. The zero-order chi connectivity index (χ0) is 19.4.